The number of anilines is 1. The highest BCUT2D eigenvalue weighted by atomic mass is 19.4. The highest BCUT2D eigenvalue weighted by Gasteiger charge is 2.50. The average Bonchev–Trinajstić information content (AvgIpc) is 3.70. The van der Waals surface area contributed by atoms with E-state index >= 15 is 0 Å². The smallest absolute Gasteiger partial charge is 0.382 e. The van der Waals surface area contributed by atoms with Crippen LogP contribution in [0.2, 0.25) is 0 Å². The van der Waals surface area contributed by atoms with E-state index in [-0.39, 0.29) is 29.2 Å². The second-order valence-corrected chi connectivity index (χ2v) is 12.8. The molecule has 6 rings (SSSR count). The molecule has 0 fully saturated rings. The van der Waals surface area contributed by atoms with Crippen LogP contribution in [-0.4, -0.2) is 41.2 Å². The van der Waals surface area contributed by atoms with E-state index < -0.39 is 77.6 Å². The van der Waals surface area contributed by atoms with Crippen molar-refractivity contribution in [3.05, 3.63) is 94.1 Å². The number of nitrogens with two attached hydrogens (primary N) is 1. The summed E-state index contributed by atoms with van der Waals surface area (Å²) in [6, 6.07) is 9.76. The van der Waals surface area contributed by atoms with Gasteiger partial charge in [0.05, 0.1) is 17.3 Å². The molecule has 1 atom stereocenters. The summed E-state index contributed by atoms with van der Waals surface area (Å²) < 4.78 is 102. The van der Waals surface area contributed by atoms with Crippen molar-refractivity contribution >= 4 is 22.6 Å². The average molecular weight is 744 g/mol. The van der Waals surface area contributed by atoms with E-state index in [4.69, 9.17) is 5.73 Å². The Labute approximate surface area is 300 Å². The highest BCUT2D eigenvalue weighted by molar-refractivity contribution is 6.00. The van der Waals surface area contributed by atoms with E-state index in [9.17, 15) is 40.6 Å². The van der Waals surface area contributed by atoms with Gasteiger partial charge >= 0.3 is 6.18 Å². The molecule has 3 heterocycles. The summed E-state index contributed by atoms with van der Waals surface area (Å²) in [5.41, 5.74) is 3.26. The molecule has 0 saturated carbocycles. The molecule has 0 aliphatic heterocycles. The van der Waals surface area contributed by atoms with Crippen LogP contribution in [0.5, 0.6) is 0 Å². The van der Waals surface area contributed by atoms with Gasteiger partial charge in [-0.05, 0) is 68.5 Å². The number of aryl methyl sites for hydroxylation is 1. The van der Waals surface area contributed by atoms with Gasteiger partial charge in [-0.15, -0.1) is 0 Å². The van der Waals surface area contributed by atoms with Crippen molar-refractivity contribution in [1.82, 2.24) is 29.9 Å². The lowest BCUT2D eigenvalue weighted by Gasteiger charge is -2.23. The Balaban J connectivity index is 0.00000266. The van der Waals surface area contributed by atoms with Gasteiger partial charge in [0.2, 0.25) is 5.91 Å². The van der Waals surface area contributed by atoms with E-state index in [0.717, 1.165) is 12.1 Å². The third kappa shape index (κ3) is 8.30. The normalized spacial score (nSPS) is 14.2. The SMILES string of the molecule is CC.Cn1nc(N)c2cccc(-c3ccc(C#CC(C)(C)O)nc3C(Cc3cc(F)cc(F)c3)NC(=O)Cn3nc(C(F)(F)F)c4c3C(F)(F)CC4)c21. The zero-order valence-corrected chi connectivity index (χ0v) is 29.3. The maximum absolute atomic E-state index is 14.9. The van der Waals surface area contributed by atoms with Gasteiger partial charge in [0.15, 0.2) is 11.5 Å². The maximum Gasteiger partial charge on any atom is 0.435 e. The summed E-state index contributed by atoms with van der Waals surface area (Å²) in [6.45, 7) is 5.86. The highest BCUT2D eigenvalue weighted by Crippen LogP contribution is 2.46. The largest absolute Gasteiger partial charge is 0.435 e. The number of carbonyl (C=O) groups excluding carboxylic acids is 1. The summed E-state index contributed by atoms with van der Waals surface area (Å²) in [4.78, 5) is 18.4. The van der Waals surface area contributed by atoms with Crippen LogP contribution < -0.4 is 11.1 Å². The van der Waals surface area contributed by atoms with E-state index in [1.165, 1.54) is 18.5 Å². The van der Waals surface area contributed by atoms with E-state index in [2.05, 4.69) is 32.3 Å². The molecule has 0 bridgehead atoms. The minimum Gasteiger partial charge on any atom is -0.382 e. The number of fused-ring (bicyclic) bond motifs is 2. The quantitative estimate of drug-likeness (QED) is 0.122. The van der Waals surface area contributed by atoms with Crippen LogP contribution in [-0.2, 0) is 43.3 Å². The minimum absolute atomic E-state index is 0.0624. The number of halogens is 7. The van der Waals surface area contributed by atoms with Crippen LogP contribution in [0.25, 0.3) is 22.0 Å². The number of benzene rings is 2. The molecule has 280 valence electrons. The van der Waals surface area contributed by atoms with Gasteiger partial charge in [0.25, 0.3) is 5.92 Å². The first kappa shape index (κ1) is 38.8. The topological polar surface area (TPSA) is 124 Å². The summed E-state index contributed by atoms with van der Waals surface area (Å²) in [5.74, 6) is -0.931. The number of nitrogen functional groups attached to an aromatic ring is 1. The number of carbonyl (C=O) groups is 1. The number of amides is 1. The number of nitrogens with one attached hydrogen (secondary N) is 1. The first-order chi connectivity index (χ1) is 24.8. The summed E-state index contributed by atoms with van der Waals surface area (Å²) >= 11 is 0. The molecule has 0 spiro atoms. The molecular formula is C37H36F7N7O2. The number of hydrogen-bond donors (Lipinski definition) is 3. The van der Waals surface area contributed by atoms with Crippen molar-refractivity contribution in [2.45, 2.75) is 77.2 Å². The van der Waals surface area contributed by atoms with Crippen LogP contribution in [0, 0.1) is 23.5 Å². The first-order valence-electron chi connectivity index (χ1n) is 16.6. The van der Waals surface area contributed by atoms with Crippen molar-refractivity contribution in [2.24, 2.45) is 7.05 Å². The molecule has 3 aromatic heterocycles. The molecule has 0 saturated heterocycles. The van der Waals surface area contributed by atoms with Crippen LogP contribution in [0.1, 0.15) is 74.1 Å². The van der Waals surface area contributed by atoms with Gasteiger partial charge < -0.3 is 16.2 Å². The Hall–Kier alpha value is -5.43. The lowest BCUT2D eigenvalue weighted by atomic mass is 9.93. The fourth-order valence-corrected chi connectivity index (χ4v) is 6.28. The monoisotopic (exact) mass is 743 g/mol. The van der Waals surface area contributed by atoms with E-state index in [0.29, 0.717) is 32.8 Å². The molecule has 2 aromatic carbocycles. The predicted octanol–water partition coefficient (Wildman–Crippen LogP) is 7.00. The van der Waals surface area contributed by atoms with Crippen molar-refractivity contribution in [2.75, 3.05) is 5.73 Å². The van der Waals surface area contributed by atoms with Gasteiger partial charge in [0, 0.05) is 41.6 Å². The fourth-order valence-electron chi connectivity index (χ4n) is 6.28. The van der Waals surface area contributed by atoms with Gasteiger partial charge in [-0.2, -0.15) is 32.1 Å². The number of pyridine rings is 1. The number of nitrogens with zero attached hydrogens (tertiary/aromatic N) is 5. The molecule has 1 aliphatic carbocycles. The molecular weight excluding hydrogens is 707 g/mol. The Morgan fingerprint density at radius 3 is 2.38 bits per heavy atom. The van der Waals surface area contributed by atoms with Gasteiger partial charge in [-0.3, -0.25) is 14.2 Å². The van der Waals surface area contributed by atoms with E-state index in [1.54, 1.807) is 37.4 Å². The van der Waals surface area contributed by atoms with Crippen molar-refractivity contribution < 1.29 is 40.6 Å². The van der Waals surface area contributed by atoms with Gasteiger partial charge in [-0.1, -0.05) is 31.9 Å². The first-order valence-corrected chi connectivity index (χ1v) is 16.6. The number of alkyl halides is 5. The van der Waals surface area contributed by atoms with Crippen LogP contribution in [0.3, 0.4) is 0 Å². The Kier molecular flexibility index (Phi) is 10.6. The molecule has 1 amide bonds. The molecule has 53 heavy (non-hydrogen) atoms. The second-order valence-electron chi connectivity index (χ2n) is 12.8. The van der Waals surface area contributed by atoms with Crippen LogP contribution in [0.4, 0.5) is 36.6 Å². The molecule has 16 heteroatoms. The van der Waals surface area contributed by atoms with Gasteiger partial charge in [0.1, 0.15) is 35.2 Å². The number of aromatic nitrogens is 5. The Morgan fingerprint density at radius 2 is 1.74 bits per heavy atom. The van der Waals surface area contributed by atoms with Crippen LogP contribution >= 0.6 is 0 Å². The standard InChI is InChI=1S/C35H30F7N7O2.C2H6/c1-33(2,51)11-9-21-7-8-22(23-5-4-6-24-29(23)48(3)47-32(24)43)28(44-21)26(15-18-13-19(36)16-20(37)14-18)45-27(50)17-49-31-25(10-12-34(31,38)39)30(46-49)35(40,41)42;1-2/h4-8,13-14,16,26,51H,10,12,15,17H2,1-3H3,(H2,43,47)(H,45,50);1-2H3. The molecule has 1 aliphatic rings. The zero-order chi connectivity index (χ0) is 39.0. The predicted molar refractivity (Wildman–Crippen MR) is 183 cm³/mol. The minimum atomic E-state index is -5.05. The lowest BCUT2D eigenvalue weighted by molar-refractivity contribution is -0.142. The number of para-hydroxylation sites is 1. The fraction of sp³-hybridized carbons (Fsp3) is 0.351. The summed E-state index contributed by atoms with van der Waals surface area (Å²) in [7, 11) is 1.65. The Morgan fingerprint density at radius 1 is 1.06 bits per heavy atom. The zero-order valence-electron chi connectivity index (χ0n) is 29.3. The lowest BCUT2D eigenvalue weighted by Crippen LogP contribution is -2.35. The number of rotatable bonds is 7. The Bertz CT molecular complexity index is 2220. The van der Waals surface area contributed by atoms with Gasteiger partial charge in [-0.25, -0.2) is 13.8 Å². The molecule has 0 radical (unpaired) electrons. The third-order valence-electron chi connectivity index (χ3n) is 8.28. The van der Waals surface area contributed by atoms with E-state index in [1.807, 2.05) is 13.8 Å². The maximum atomic E-state index is 14.9. The van der Waals surface area contributed by atoms with Crippen molar-refractivity contribution in [3.63, 3.8) is 0 Å². The summed E-state index contributed by atoms with van der Waals surface area (Å²) in [6.07, 6.45) is -6.82. The van der Waals surface area contributed by atoms with Crippen LogP contribution in [0.15, 0.2) is 48.5 Å². The van der Waals surface area contributed by atoms with Crippen molar-refractivity contribution in [1.29, 1.82) is 0 Å². The summed E-state index contributed by atoms with van der Waals surface area (Å²) in [5, 5.41) is 21.1. The molecule has 9 nitrogen and oxygen atoms in total. The molecule has 5 aromatic rings. The number of hydrogen-bond acceptors (Lipinski definition) is 6. The second kappa shape index (κ2) is 14.5. The molecule has 1 unspecified atom stereocenters. The number of aliphatic hydroxyl groups is 1. The third-order valence-corrected chi connectivity index (χ3v) is 8.28. The molecule has 4 N–H and O–H groups in total. The van der Waals surface area contributed by atoms with Crippen molar-refractivity contribution in [3.8, 4) is 23.0 Å².